The van der Waals surface area contributed by atoms with Crippen LogP contribution in [0.3, 0.4) is 0 Å². The smallest absolute Gasteiger partial charge is 0.327 e. The second-order valence-electron chi connectivity index (χ2n) is 5.29. The summed E-state index contributed by atoms with van der Waals surface area (Å²) in [6.07, 6.45) is 2.39. The molecule has 0 bridgehead atoms. The Kier molecular flexibility index (Phi) is 5.97. The van der Waals surface area contributed by atoms with Crippen molar-refractivity contribution >= 4 is 55.5 Å². The van der Waals surface area contributed by atoms with Gasteiger partial charge in [-0.1, -0.05) is 45.2 Å². The first-order chi connectivity index (χ1) is 9.11. The second-order valence-corrected chi connectivity index (χ2v) is 10.6. The van der Waals surface area contributed by atoms with Gasteiger partial charge in [0.1, 0.15) is 11.4 Å². The van der Waals surface area contributed by atoms with Crippen LogP contribution in [-0.4, -0.2) is 47.8 Å². The lowest BCUT2D eigenvalue weighted by molar-refractivity contribution is -0.157. The molecule has 0 unspecified atom stereocenters. The standard InChI is InChI=1S/C8H9Br2NO3S.C4H11N/c1-7(2)3(4(12)13)11-5(14)8(9,10)6(11)15-7;1-2-3-4-5/h3,6H,1-2H3,(H,12,13);2-5H2,1H3/t3-,6+;/m0./s1. The highest BCUT2D eigenvalue weighted by Gasteiger charge is 2.69. The molecule has 2 aliphatic heterocycles. The molecule has 0 spiro atoms. The summed E-state index contributed by atoms with van der Waals surface area (Å²) in [4.78, 5) is 24.3. The number of unbranched alkanes of at least 4 members (excludes halogenated alkanes) is 1. The van der Waals surface area contributed by atoms with Crippen LogP contribution < -0.4 is 5.73 Å². The average Bonchev–Trinajstić information content (AvgIpc) is 2.61. The Bertz CT molecular complexity index is 402. The number of nitrogens with zero attached hydrogens (tertiary/aromatic N) is 1. The molecule has 20 heavy (non-hydrogen) atoms. The fraction of sp³-hybridized carbons (Fsp3) is 0.833. The van der Waals surface area contributed by atoms with Gasteiger partial charge in [-0.15, -0.1) is 11.8 Å². The van der Waals surface area contributed by atoms with Crippen molar-refractivity contribution in [3.8, 4) is 0 Å². The van der Waals surface area contributed by atoms with E-state index in [1.807, 2.05) is 13.8 Å². The summed E-state index contributed by atoms with van der Waals surface area (Å²) in [5.41, 5.74) is 5.14. The predicted octanol–water partition coefficient (Wildman–Crippen LogP) is 2.36. The van der Waals surface area contributed by atoms with Crippen molar-refractivity contribution in [2.24, 2.45) is 5.73 Å². The maximum atomic E-state index is 11.7. The van der Waals surface area contributed by atoms with Crippen molar-refractivity contribution in [2.45, 2.75) is 53.0 Å². The monoisotopic (exact) mass is 430 g/mol. The number of carbonyl (C=O) groups is 2. The number of hydrogen-bond donors (Lipinski definition) is 2. The minimum atomic E-state index is -0.946. The van der Waals surface area contributed by atoms with E-state index in [-0.39, 0.29) is 11.3 Å². The van der Waals surface area contributed by atoms with E-state index in [9.17, 15) is 9.59 Å². The number of carboxylic acids is 1. The van der Waals surface area contributed by atoms with E-state index in [2.05, 4.69) is 38.8 Å². The lowest BCUT2D eigenvalue weighted by Crippen LogP contribution is -2.68. The number of thioether (sulfide) groups is 1. The predicted molar refractivity (Wildman–Crippen MR) is 88.3 cm³/mol. The summed E-state index contributed by atoms with van der Waals surface area (Å²) in [7, 11) is 0. The van der Waals surface area contributed by atoms with Crippen molar-refractivity contribution in [2.75, 3.05) is 6.54 Å². The summed E-state index contributed by atoms with van der Waals surface area (Å²) in [6, 6.07) is -0.747. The van der Waals surface area contributed by atoms with Gasteiger partial charge in [0.25, 0.3) is 5.91 Å². The summed E-state index contributed by atoms with van der Waals surface area (Å²) in [6.45, 7) is 6.67. The van der Waals surface area contributed by atoms with Crippen molar-refractivity contribution in [1.29, 1.82) is 0 Å². The zero-order chi connectivity index (χ0) is 15.7. The number of fused-ring (bicyclic) bond motifs is 1. The summed E-state index contributed by atoms with van der Waals surface area (Å²) < 4.78 is -1.25. The van der Waals surface area contributed by atoms with Crippen LogP contribution in [0, 0.1) is 0 Å². The van der Waals surface area contributed by atoms with Crippen molar-refractivity contribution in [3.63, 3.8) is 0 Å². The maximum Gasteiger partial charge on any atom is 0.327 e. The molecule has 2 aliphatic rings. The molecule has 2 fully saturated rings. The van der Waals surface area contributed by atoms with E-state index >= 15 is 0 Å². The third-order valence-corrected chi connectivity index (χ3v) is 7.01. The molecule has 0 aliphatic carbocycles. The molecule has 0 aromatic heterocycles. The molecule has 0 radical (unpaired) electrons. The molecule has 0 saturated carbocycles. The van der Waals surface area contributed by atoms with E-state index in [0.29, 0.717) is 0 Å². The van der Waals surface area contributed by atoms with Gasteiger partial charge in [-0.05, 0) is 26.8 Å². The van der Waals surface area contributed by atoms with Crippen LogP contribution in [0.5, 0.6) is 0 Å². The van der Waals surface area contributed by atoms with Crippen molar-refractivity contribution < 1.29 is 14.7 Å². The minimum Gasteiger partial charge on any atom is -0.480 e. The summed E-state index contributed by atoms with van der Waals surface area (Å²) in [5.74, 6) is -1.16. The number of carbonyl (C=O) groups excluding carboxylic acids is 1. The molecule has 2 heterocycles. The summed E-state index contributed by atoms with van der Waals surface area (Å²) >= 11 is 8.05. The quantitative estimate of drug-likeness (QED) is 0.529. The van der Waals surface area contributed by atoms with Crippen LogP contribution in [0.15, 0.2) is 0 Å². The number of alkyl halides is 2. The third-order valence-electron chi connectivity index (χ3n) is 3.23. The van der Waals surface area contributed by atoms with Gasteiger partial charge in [0, 0.05) is 4.75 Å². The molecule has 0 aromatic carbocycles. The van der Waals surface area contributed by atoms with Gasteiger partial charge in [0.2, 0.25) is 0 Å². The first kappa shape index (κ1) is 18.3. The van der Waals surface area contributed by atoms with Crippen LogP contribution in [0.4, 0.5) is 0 Å². The van der Waals surface area contributed by atoms with Crippen LogP contribution in [0.2, 0.25) is 0 Å². The number of rotatable bonds is 3. The number of hydrogen-bond acceptors (Lipinski definition) is 4. The molecule has 2 rings (SSSR count). The van der Waals surface area contributed by atoms with Gasteiger partial charge in [-0.2, -0.15) is 0 Å². The zero-order valence-electron chi connectivity index (χ0n) is 11.7. The highest BCUT2D eigenvalue weighted by Crippen LogP contribution is 2.60. The minimum absolute atomic E-state index is 0.152. The first-order valence-electron chi connectivity index (χ1n) is 6.42. The van der Waals surface area contributed by atoms with Crippen molar-refractivity contribution in [1.82, 2.24) is 4.90 Å². The normalized spacial score (nSPS) is 29.1. The number of nitrogens with two attached hydrogens (primary N) is 1. The lowest BCUT2D eigenvalue weighted by Gasteiger charge is -2.46. The second kappa shape index (κ2) is 6.54. The number of halogens is 2. The van der Waals surface area contributed by atoms with E-state index in [4.69, 9.17) is 10.8 Å². The Balaban J connectivity index is 0.000000347. The van der Waals surface area contributed by atoms with Gasteiger partial charge in [0.05, 0.1) is 0 Å². The molecule has 2 saturated heterocycles. The molecule has 8 heteroatoms. The molecule has 1 amide bonds. The molecule has 3 N–H and O–H groups in total. The molecule has 116 valence electrons. The number of β-lactam (4-membered cyclic amide) rings is 1. The number of carboxylic acid groups (broad SMARTS) is 1. The third kappa shape index (κ3) is 3.18. The van der Waals surface area contributed by atoms with Gasteiger partial charge >= 0.3 is 5.97 Å². The van der Waals surface area contributed by atoms with Crippen LogP contribution >= 0.6 is 43.6 Å². The lowest BCUT2D eigenvalue weighted by atomic mass is 9.98. The SMILES string of the molecule is CC1(C)S[C@H]2N(C(=O)C2(Br)Br)[C@H]1C(=O)O.CCCCN. The van der Waals surface area contributed by atoms with E-state index in [1.54, 1.807) is 0 Å². The Labute approximate surface area is 140 Å². The van der Waals surface area contributed by atoms with E-state index in [1.165, 1.54) is 29.5 Å². The zero-order valence-corrected chi connectivity index (χ0v) is 15.7. The highest BCUT2D eigenvalue weighted by molar-refractivity contribution is 9.26. The Morgan fingerprint density at radius 1 is 1.50 bits per heavy atom. The van der Waals surface area contributed by atoms with Crippen LogP contribution in [-0.2, 0) is 9.59 Å². The van der Waals surface area contributed by atoms with Gasteiger partial charge in [0.15, 0.2) is 3.23 Å². The fourth-order valence-electron chi connectivity index (χ4n) is 2.18. The summed E-state index contributed by atoms with van der Waals surface area (Å²) in [5, 5.41) is 8.97. The largest absolute Gasteiger partial charge is 0.480 e. The van der Waals surface area contributed by atoms with E-state index in [0.717, 1.165) is 6.54 Å². The number of amides is 1. The fourth-order valence-corrected chi connectivity index (χ4v) is 5.09. The number of aliphatic carboxylic acids is 1. The molecular weight excluding hydrogens is 412 g/mol. The topological polar surface area (TPSA) is 83.6 Å². The average molecular weight is 432 g/mol. The molecule has 2 atom stereocenters. The van der Waals surface area contributed by atoms with Crippen LogP contribution in [0.1, 0.15) is 33.6 Å². The van der Waals surface area contributed by atoms with Crippen molar-refractivity contribution in [3.05, 3.63) is 0 Å². The highest BCUT2D eigenvalue weighted by atomic mass is 79.9. The van der Waals surface area contributed by atoms with Gasteiger partial charge in [-0.25, -0.2) is 4.79 Å². The van der Waals surface area contributed by atoms with Gasteiger partial charge in [-0.3, -0.25) is 4.79 Å². The Morgan fingerprint density at radius 3 is 2.40 bits per heavy atom. The van der Waals surface area contributed by atoms with Crippen LogP contribution in [0.25, 0.3) is 0 Å². The first-order valence-corrected chi connectivity index (χ1v) is 8.89. The Morgan fingerprint density at radius 2 is 2.05 bits per heavy atom. The molecule has 5 nitrogen and oxygen atoms in total. The van der Waals surface area contributed by atoms with Gasteiger partial charge < -0.3 is 15.7 Å². The molecular formula is C12H20Br2N2O3S. The maximum absolute atomic E-state index is 11.7. The Hall–Kier alpha value is 0.210. The molecule has 0 aromatic rings. The van der Waals surface area contributed by atoms with E-state index < -0.39 is 20.0 Å².